The lowest BCUT2D eigenvalue weighted by molar-refractivity contribution is -0.120. The van der Waals surface area contributed by atoms with E-state index < -0.39 is 5.91 Å². The highest BCUT2D eigenvalue weighted by Crippen LogP contribution is 1.97. The van der Waals surface area contributed by atoms with E-state index in [0.29, 0.717) is 5.56 Å². The van der Waals surface area contributed by atoms with Crippen molar-refractivity contribution in [3.63, 3.8) is 0 Å². The maximum absolute atomic E-state index is 11.7. The molecule has 6 heteroatoms. The average molecular weight is 271 g/mol. The average Bonchev–Trinajstić information content (AvgIpc) is 2.99. The maximum atomic E-state index is 11.7. The summed E-state index contributed by atoms with van der Waals surface area (Å²) in [6.45, 7) is -0.142. The first kappa shape index (κ1) is 13.5. The van der Waals surface area contributed by atoms with Gasteiger partial charge in [0.05, 0.1) is 25.3 Å². The predicted octanol–water partition coefficient (Wildman–Crippen LogP) is 1.16. The Morgan fingerprint density at radius 1 is 1.20 bits per heavy atom. The second kappa shape index (κ2) is 6.89. The normalized spacial score (nSPS) is 10.4. The summed E-state index contributed by atoms with van der Waals surface area (Å²) < 4.78 is 4.84. The van der Waals surface area contributed by atoms with Crippen molar-refractivity contribution in [1.82, 2.24) is 10.7 Å². The van der Waals surface area contributed by atoms with Crippen LogP contribution < -0.4 is 10.7 Å². The van der Waals surface area contributed by atoms with E-state index in [2.05, 4.69) is 15.8 Å². The number of carbonyl (C=O) groups is 2. The molecule has 1 aromatic heterocycles. The molecule has 0 fully saturated rings. The number of hydrogen-bond donors (Lipinski definition) is 2. The Balaban J connectivity index is 1.74. The first-order chi connectivity index (χ1) is 9.75. The molecule has 0 spiro atoms. The van der Waals surface area contributed by atoms with Gasteiger partial charge in [-0.15, -0.1) is 0 Å². The van der Waals surface area contributed by atoms with Gasteiger partial charge < -0.3 is 9.73 Å². The molecule has 0 aliphatic rings. The second-order valence-corrected chi connectivity index (χ2v) is 3.90. The third-order valence-corrected chi connectivity index (χ3v) is 2.39. The fourth-order valence-electron chi connectivity index (χ4n) is 1.42. The highest BCUT2D eigenvalue weighted by atomic mass is 16.3. The molecule has 0 radical (unpaired) electrons. The van der Waals surface area contributed by atoms with Gasteiger partial charge in [0.15, 0.2) is 0 Å². The highest BCUT2D eigenvalue weighted by Gasteiger charge is 2.06. The molecule has 102 valence electrons. The second-order valence-electron chi connectivity index (χ2n) is 3.90. The minimum Gasteiger partial charge on any atom is -0.472 e. The largest absolute Gasteiger partial charge is 0.472 e. The summed E-state index contributed by atoms with van der Waals surface area (Å²) in [6, 6.07) is 10.4. The molecular weight excluding hydrogens is 258 g/mol. The van der Waals surface area contributed by atoms with Crippen LogP contribution in [0.25, 0.3) is 0 Å². The number of amides is 2. The third-order valence-electron chi connectivity index (χ3n) is 2.39. The quantitative estimate of drug-likeness (QED) is 0.632. The van der Waals surface area contributed by atoms with Crippen LogP contribution in [0.5, 0.6) is 0 Å². The Bertz CT molecular complexity index is 591. The maximum Gasteiger partial charge on any atom is 0.259 e. The van der Waals surface area contributed by atoms with Crippen molar-refractivity contribution in [3.05, 3.63) is 60.1 Å². The standard InChI is InChI=1S/C14H13N3O3/c18-13(17-16-8-11-6-7-20-10-11)9-15-14(19)12-4-2-1-3-5-12/h1-8,10H,9H2,(H,15,19)(H,17,18)/b16-8-. The van der Waals surface area contributed by atoms with E-state index in [0.717, 1.165) is 5.56 Å². The molecule has 1 heterocycles. The molecule has 0 unspecified atom stereocenters. The molecule has 0 bridgehead atoms. The highest BCUT2D eigenvalue weighted by molar-refractivity contribution is 5.96. The zero-order valence-electron chi connectivity index (χ0n) is 10.6. The summed E-state index contributed by atoms with van der Waals surface area (Å²) in [5.41, 5.74) is 3.54. The molecule has 20 heavy (non-hydrogen) atoms. The molecule has 0 aliphatic heterocycles. The van der Waals surface area contributed by atoms with Gasteiger partial charge in [-0.3, -0.25) is 9.59 Å². The van der Waals surface area contributed by atoms with Crippen LogP contribution in [0.15, 0.2) is 58.4 Å². The Morgan fingerprint density at radius 3 is 2.70 bits per heavy atom. The number of rotatable bonds is 5. The lowest BCUT2D eigenvalue weighted by Crippen LogP contribution is -2.34. The van der Waals surface area contributed by atoms with E-state index in [-0.39, 0.29) is 12.5 Å². The molecule has 0 aliphatic carbocycles. The summed E-state index contributed by atoms with van der Waals surface area (Å²) in [5.74, 6) is -0.714. The Labute approximate surface area is 115 Å². The number of carbonyl (C=O) groups excluding carboxylic acids is 2. The fourth-order valence-corrected chi connectivity index (χ4v) is 1.42. The fraction of sp³-hybridized carbons (Fsp3) is 0.0714. The lowest BCUT2D eigenvalue weighted by atomic mass is 10.2. The molecule has 2 N–H and O–H groups in total. The number of nitrogens with zero attached hydrogens (tertiary/aromatic N) is 1. The topological polar surface area (TPSA) is 83.7 Å². The van der Waals surface area contributed by atoms with Crippen LogP contribution in [0.4, 0.5) is 0 Å². The van der Waals surface area contributed by atoms with Crippen molar-refractivity contribution in [2.24, 2.45) is 5.10 Å². The van der Waals surface area contributed by atoms with Crippen LogP contribution in [0, 0.1) is 0 Å². The van der Waals surface area contributed by atoms with Crippen LogP contribution in [0.1, 0.15) is 15.9 Å². The minimum atomic E-state index is -0.408. The van der Waals surface area contributed by atoms with E-state index in [9.17, 15) is 9.59 Å². The monoisotopic (exact) mass is 271 g/mol. The van der Waals surface area contributed by atoms with Crippen LogP contribution in [-0.4, -0.2) is 24.6 Å². The van der Waals surface area contributed by atoms with Crippen molar-refractivity contribution < 1.29 is 14.0 Å². The van der Waals surface area contributed by atoms with E-state index >= 15 is 0 Å². The summed E-state index contributed by atoms with van der Waals surface area (Å²) in [7, 11) is 0. The summed E-state index contributed by atoms with van der Waals surface area (Å²) in [6.07, 6.45) is 4.44. The molecule has 1 aromatic carbocycles. The van der Waals surface area contributed by atoms with Gasteiger partial charge in [0.1, 0.15) is 0 Å². The van der Waals surface area contributed by atoms with Gasteiger partial charge in [-0.1, -0.05) is 18.2 Å². The number of hydrazone groups is 1. The zero-order valence-corrected chi connectivity index (χ0v) is 10.6. The van der Waals surface area contributed by atoms with Gasteiger partial charge in [-0.2, -0.15) is 5.10 Å². The summed E-state index contributed by atoms with van der Waals surface area (Å²) in [5, 5.41) is 6.23. The molecule has 2 amide bonds. The molecule has 0 saturated heterocycles. The van der Waals surface area contributed by atoms with Crippen molar-refractivity contribution in [1.29, 1.82) is 0 Å². The van der Waals surface area contributed by atoms with Gasteiger partial charge in [-0.25, -0.2) is 5.43 Å². The molecular formula is C14H13N3O3. The Morgan fingerprint density at radius 2 is 2.00 bits per heavy atom. The Kier molecular flexibility index (Phi) is 4.66. The van der Waals surface area contributed by atoms with E-state index in [1.54, 1.807) is 30.3 Å². The van der Waals surface area contributed by atoms with E-state index in [1.165, 1.54) is 18.7 Å². The molecule has 6 nitrogen and oxygen atoms in total. The number of nitrogens with one attached hydrogen (secondary N) is 2. The van der Waals surface area contributed by atoms with Crippen molar-refractivity contribution in [3.8, 4) is 0 Å². The van der Waals surface area contributed by atoms with Crippen LogP contribution in [0.2, 0.25) is 0 Å². The molecule has 2 rings (SSSR count). The van der Waals surface area contributed by atoms with Crippen molar-refractivity contribution >= 4 is 18.0 Å². The van der Waals surface area contributed by atoms with Gasteiger partial charge in [0.2, 0.25) is 0 Å². The first-order valence-electron chi connectivity index (χ1n) is 5.93. The Hall–Kier alpha value is -2.89. The zero-order chi connectivity index (χ0) is 14.2. The molecule has 2 aromatic rings. The lowest BCUT2D eigenvalue weighted by Gasteiger charge is -2.03. The molecule has 0 saturated carbocycles. The van der Waals surface area contributed by atoms with Gasteiger partial charge in [0.25, 0.3) is 11.8 Å². The molecule has 0 atom stereocenters. The minimum absolute atomic E-state index is 0.142. The van der Waals surface area contributed by atoms with E-state index in [4.69, 9.17) is 4.42 Å². The van der Waals surface area contributed by atoms with Crippen LogP contribution in [-0.2, 0) is 4.79 Å². The third kappa shape index (κ3) is 4.09. The van der Waals surface area contributed by atoms with Crippen LogP contribution in [0.3, 0.4) is 0 Å². The number of hydrogen-bond acceptors (Lipinski definition) is 4. The van der Waals surface area contributed by atoms with Gasteiger partial charge in [-0.05, 0) is 18.2 Å². The van der Waals surface area contributed by atoms with E-state index in [1.807, 2.05) is 6.07 Å². The smallest absolute Gasteiger partial charge is 0.259 e. The SMILES string of the molecule is O=C(CNC(=O)c1ccccc1)N/N=C\c1ccoc1. The summed E-state index contributed by atoms with van der Waals surface area (Å²) in [4.78, 5) is 23.1. The number of benzene rings is 1. The van der Waals surface area contributed by atoms with Gasteiger partial charge >= 0.3 is 0 Å². The summed E-state index contributed by atoms with van der Waals surface area (Å²) >= 11 is 0. The van der Waals surface area contributed by atoms with Crippen LogP contribution >= 0.6 is 0 Å². The van der Waals surface area contributed by atoms with Crippen molar-refractivity contribution in [2.75, 3.05) is 6.54 Å². The van der Waals surface area contributed by atoms with Gasteiger partial charge in [0, 0.05) is 11.1 Å². The first-order valence-corrected chi connectivity index (χ1v) is 5.93. The number of furan rings is 1. The predicted molar refractivity (Wildman–Crippen MR) is 73.2 cm³/mol. The van der Waals surface area contributed by atoms with Crippen molar-refractivity contribution in [2.45, 2.75) is 0 Å².